The van der Waals surface area contributed by atoms with Gasteiger partial charge in [0, 0.05) is 16.7 Å². The fourth-order valence-corrected chi connectivity index (χ4v) is 7.71. The Hall–Kier alpha value is -7.41. The molecule has 0 unspecified atom stereocenters. The predicted octanol–water partition coefficient (Wildman–Crippen LogP) is 14.4. The van der Waals surface area contributed by atoms with Gasteiger partial charge in [0.1, 0.15) is 0 Å². The first kappa shape index (κ1) is 36.2. The van der Waals surface area contributed by atoms with Gasteiger partial charge in [0.15, 0.2) is 5.82 Å². The Kier molecular flexibility index (Phi) is 9.99. The van der Waals surface area contributed by atoms with Gasteiger partial charge in [0.05, 0.1) is 23.0 Å². The Bertz CT molecular complexity index is 2940. The van der Waals surface area contributed by atoms with Crippen molar-refractivity contribution in [2.75, 3.05) is 0 Å². The molecule has 0 saturated heterocycles. The Balaban J connectivity index is 1.03. The Morgan fingerprint density at radius 2 is 1.14 bits per heavy atom. The van der Waals surface area contributed by atoms with Crippen LogP contribution in [0.1, 0.15) is 47.8 Å². The monoisotopic (exact) mass is 743 g/mol. The summed E-state index contributed by atoms with van der Waals surface area (Å²) in [5.74, 6) is 0.745. The first-order chi connectivity index (χ1) is 28.5. The van der Waals surface area contributed by atoms with Crippen molar-refractivity contribution in [3.05, 3.63) is 210 Å². The van der Waals surface area contributed by atoms with Gasteiger partial charge in [-0.3, -0.25) is 0 Å². The quantitative estimate of drug-likeness (QED) is 0.146. The van der Waals surface area contributed by atoms with Crippen LogP contribution < -0.4 is 0 Å². The molecule has 1 aliphatic carbocycles. The molecule has 0 radical (unpaired) electrons. The number of aryl methyl sites for hydroxylation is 1. The van der Waals surface area contributed by atoms with Crippen molar-refractivity contribution < 1.29 is 0 Å². The number of allylic oxidation sites excluding steroid dienone is 5. The van der Waals surface area contributed by atoms with E-state index in [0.717, 1.165) is 85.5 Å². The molecule has 3 nitrogen and oxygen atoms in total. The van der Waals surface area contributed by atoms with Gasteiger partial charge < -0.3 is 0 Å². The minimum atomic E-state index is 0.648. The van der Waals surface area contributed by atoms with Gasteiger partial charge >= 0.3 is 0 Å². The maximum Gasteiger partial charge on any atom is 0.160 e. The summed E-state index contributed by atoms with van der Waals surface area (Å²) in [5.41, 5.74) is 16.9. The van der Waals surface area contributed by atoms with Crippen molar-refractivity contribution in [1.29, 1.82) is 5.26 Å². The third-order valence-corrected chi connectivity index (χ3v) is 11.0. The minimum absolute atomic E-state index is 0.648. The van der Waals surface area contributed by atoms with Crippen LogP contribution in [0.5, 0.6) is 0 Å². The molecule has 0 fully saturated rings. The molecule has 0 aliphatic heterocycles. The van der Waals surface area contributed by atoms with Crippen LogP contribution >= 0.6 is 0 Å². The van der Waals surface area contributed by atoms with E-state index in [1.807, 2.05) is 18.2 Å². The molecule has 9 rings (SSSR count). The van der Waals surface area contributed by atoms with Crippen LogP contribution in [0.3, 0.4) is 0 Å². The van der Waals surface area contributed by atoms with Crippen molar-refractivity contribution >= 4 is 28.0 Å². The van der Waals surface area contributed by atoms with Gasteiger partial charge in [-0.2, -0.15) is 5.26 Å². The largest absolute Gasteiger partial charge is 0.228 e. The summed E-state index contributed by atoms with van der Waals surface area (Å²) in [7, 11) is 0. The van der Waals surface area contributed by atoms with Gasteiger partial charge in [-0.25, -0.2) is 9.97 Å². The van der Waals surface area contributed by atoms with Gasteiger partial charge in [-0.15, -0.1) is 0 Å². The predicted molar refractivity (Wildman–Crippen MR) is 243 cm³/mol. The lowest BCUT2D eigenvalue weighted by molar-refractivity contribution is 1.03. The second-order valence-corrected chi connectivity index (χ2v) is 15.0. The van der Waals surface area contributed by atoms with Gasteiger partial charge in [-0.1, -0.05) is 152 Å². The molecule has 0 bridgehead atoms. The van der Waals surface area contributed by atoms with E-state index < -0.39 is 0 Å². The lowest BCUT2D eigenvalue weighted by atomic mass is 9.93. The van der Waals surface area contributed by atoms with Crippen LogP contribution in [0.4, 0.5) is 0 Å². The molecule has 0 N–H and O–H groups in total. The minimum Gasteiger partial charge on any atom is -0.228 e. The third-order valence-electron chi connectivity index (χ3n) is 11.0. The molecule has 1 aliphatic rings. The standard InChI is InChI=1S/C55H41N3/c1-37-11-9-10-16-47(37)29-38(2)50-30-39(36-56)31-51(34-50)49-28-22-43-21-27-48(32-52(43)33-49)42-19-25-45(26-20-42)54-35-53(57-55(58-54)46-14-7-4-8-15-46)44-23-17-41(18-24-44)40-12-5-3-6-13-40/h3,5-7,9-35H,4,8H2,1-2H3/b38-29+. The van der Waals surface area contributed by atoms with Crippen molar-refractivity contribution in [2.45, 2.75) is 26.7 Å². The maximum absolute atomic E-state index is 9.98. The molecular formula is C55H41N3. The number of hydrogen-bond donors (Lipinski definition) is 0. The fraction of sp³-hybridized carbons (Fsp3) is 0.0727. The molecule has 0 amide bonds. The van der Waals surface area contributed by atoms with Crippen molar-refractivity contribution in [2.24, 2.45) is 0 Å². The number of hydrogen-bond acceptors (Lipinski definition) is 3. The number of nitrogens with zero attached hydrogens (tertiary/aromatic N) is 3. The highest BCUT2D eigenvalue weighted by Gasteiger charge is 2.14. The summed E-state index contributed by atoms with van der Waals surface area (Å²) in [6.45, 7) is 4.24. The average Bonchev–Trinajstić information content (AvgIpc) is 3.29. The molecule has 58 heavy (non-hydrogen) atoms. The zero-order chi connectivity index (χ0) is 39.4. The van der Waals surface area contributed by atoms with E-state index in [0.29, 0.717) is 5.56 Å². The zero-order valence-electron chi connectivity index (χ0n) is 32.7. The normalized spacial score (nSPS) is 12.6. The lowest BCUT2D eigenvalue weighted by Crippen LogP contribution is -1.99. The van der Waals surface area contributed by atoms with Crippen LogP contribution in [0, 0.1) is 18.3 Å². The van der Waals surface area contributed by atoms with Gasteiger partial charge in [0.25, 0.3) is 0 Å². The number of nitriles is 1. The third kappa shape index (κ3) is 7.69. The van der Waals surface area contributed by atoms with E-state index in [2.05, 4.69) is 190 Å². The van der Waals surface area contributed by atoms with Crippen LogP contribution in [0.25, 0.3) is 83.9 Å². The number of aromatic nitrogens is 2. The van der Waals surface area contributed by atoms with E-state index >= 15 is 0 Å². The van der Waals surface area contributed by atoms with Crippen LogP contribution in [-0.4, -0.2) is 9.97 Å². The van der Waals surface area contributed by atoms with E-state index in [1.165, 1.54) is 27.6 Å². The van der Waals surface area contributed by atoms with E-state index in [1.54, 1.807) is 0 Å². The highest BCUT2D eigenvalue weighted by Crippen LogP contribution is 2.34. The second kappa shape index (κ2) is 16.0. The van der Waals surface area contributed by atoms with Crippen molar-refractivity contribution in [1.82, 2.24) is 9.97 Å². The Morgan fingerprint density at radius 3 is 1.78 bits per heavy atom. The molecule has 1 heterocycles. The van der Waals surface area contributed by atoms with E-state index in [-0.39, 0.29) is 0 Å². The Morgan fingerprint density at radius 1 is 0.552 bits per heavy atom. The van der Waals surface area contributed by atoms with Gasteiger partial charge in [-0.05, 0) is 130 Å². The molecule has 276 valence electrons. The zero-order valence-corrected chi connectivity index (χ0v) is 32.7. The molecular weight excluding hydrogens is 703 g/mol. The lowest BCUT2D eigenvalue weighted by Gasteiger charge is -2.12. The maximum atomic E-state index is 9.98. The molecule has 7 aromatic carbocycles. The van der Waals surface area contributed by atoms with Crippen molar-refractivity contribution in [3.8, 4) is 62.0 Å². The number of fused-ring (bicyclic) bond motifs is 1. The summed E-state index contributed by atoms with van der Waals surface area (Å²) in [5, 5.41) is 12.3. The van der Waals surface area contributed by atoms with E-state index in [4.69, 9.17) is 9.97 Å². The molecule has 0 atom stereocenters. The molecule has 0 spiro atoms. The van der Waals surface area contributed by atoms with Crippen LogP contribution in [-0.2, 0) is 0 Å². The topological polar surface area (TPSA) is 49.6 Å². The summed E-state index contributed by atoms with van der Waals surface area (Å²) >= 11 is 0. The van der Waals surface area contributed by atoms with Gasteiger partial charge in [0.2, 0.25) is 0 Å². The smallest absolute Gasteiger partial charge is 0.160 e. The van der Waals surface area contributed by atoms with E-state index in [9.17, 15) is 5.26 Å². The first-order valence-corrected chi connectivity index (χ1v) is 19.8. The van der Waals surface area contributed by atoms with Crippen LogP contribution in [0.15, 0.2) is 182 Å². The summed E-state index contributed by atoms with van der Waals surface area (Å²) < 4.78 is 0. The molecule has 0 saturated carbocycles. The highest BCUT2D eigenvalue weighted by molar-refractivity contribution is 5.92. The second-order valence-electron chi connectivity index (χ2n) is 15.0. The molecule has 3 heteroatoms. The Labute approximate surface area is 340 Å². The SMILES string of the molecule is C/C(=C\c1ccccc1C)c1cc(C#N)cc(-c2ccc3ccc(-c4ccc(-c5cc(-c6ccc(-c7ccccc7)cc6)nc(C6=CCCC=C6)n5)cc4)cc3c2)c1. The molecule has 8 aromatic rings. The van der Waals surface area contributed by atoms with Crippen molar-refractivity contribution in [3.63, 3.8) is 0 Å². The first-order valence-electron chi connectivity index (χ1n) is 19.8. The number of benzene rings is 7. The highest BCUT2D eigenvalue weighted by atomic mass is 14.9. The fourth-order valence-electron chi connectivity index (χ4n) is 7.71. The number of rotatable bonds is 8. The summed E-state index contributed by atoms with van der Waals surface area (Å²) in [6, 6.07) is 60.0. The summed E-state index contributed by atoms with van der Waals surface area (Å²) in [6.07, 6.45) is 10.8. The van der Waals surface area contributed by atoms with Crippen LogP contribution in [0.2, 0.25) is 0 Å². The molecule has 1 aromatic heterocycles. The summed E-state index contributed by atoms with van der Waals surface area (Å²) in [4.78, 5) is 10.2. The average molecular weight is 744 g/mol.